The molecule has 0 aromatic heterocycles. The zero-order valence-corrected chi connectivity index (χ0v) is 12.9. The molecule has 3 heteroatoms. The molecule has 3 nitrogen and oxygen atoms in total. The molecule has 2 aliphatic rings. The van der Waals surface area contributed by atoms with Crippen LogP contribution in [0.15, 0.2) is 18.2 Å². The summed E-state index contributed by atoms with van der Waals surface area (Å²) in [6.07, 6.45) is 6.99. The molecule has 3 N–H and O–H groups in total. The van der Waals surface area contributed by atoms with Crippen LogP contribution in [0.2, 0.25) is 0 Å². The molecule has 1 aliphatic carbocycles. The minimum absolute atomic E-state index is 0.0637. The lowest BCUT2D eigenvalue weighted by molar-refractivity contribution is 0.0956. The Labute approximate surface area is 127 Å². The molecule has 1 amide bonds. The summed E-state index contributed by atoms with van der Waals surface area (Å²) < 4.78 is 0. The van der Waals surface area contributed by atoms with Crippen molar-refractivity contribution in [2.75, 3.05) is 6.54 Å². The fourth-order valence-electron chi connectivity index (χ4n) is 3.72. The van der Waals surface area contributed by atoms with E-state index in [0.717, 1.165) is 36.4 Å². The number of carbonyl (C=O) groups excluding carboxylic acids is 1. The number of nitrogens with two attached hydrogens (primary N) is 1. The predicted octanol–water partition coefficient (Wildman–Crippen LogP) is 3.19. The molecular weight excluding hydrogens is 260 g/mol. The topological polar surface area (TPSA) is 55.1 Å². The van der Waals surface area contributed by atoms with Crippen molar-refractivity contribution < 1.29 is 4.79 Å². The monoisotopic (exact) mass is 286 g/mol. The summed E-state index contributed by atoms with van der Waals surface area (Å²) in [6.45, 7) is 3.10. The molecule has 0 bridgehead atoms. The normalized spacial score (nSPS) is 27.4. The van der Waals surface area contributed by atoms with Crippen molar-refractivity contribution in [2.24, 2.45) is 17.6 Å². The standard InChI is InChI=1S/C18H26N2O/c1-12-4-6-14(7-5-12)17(19)15-9-8-13-3-2-10-20-18(21)16(13)11-15/h8-9,11-12,14,17H,2-7,10,19H2,1H3,(H,20,21). The molecule has 0 radical (unpaired) electrons. The van der Waals surface area contributed by atoms with Gasteiger partial charge in [-0.1, -0.05) is 31.9 Å². The third-order valence-corrected chi connectivity index (χ3v) is 5.24. The molecule has 1 heterocycles. The highest BCUT2D eigenvalue weighted by atomic mass is 16.1. The molecule has 114 valence electrons. The number of hydrogen-bond donors (Lipinski definition) is 2. The van der Waals surface area contributed by atoms with Gasteiger partial charge in [0.1, 0.15) is 0 Å². The number of amides is 1. The molecule has 1 fully saturated rings. The second-order valence-electron chi connectivity index (χ2n) is 6.82. The van der Waals surface area contributed by atoms with E-state index in [1.165, 1.54) is 31.2 Å². The molecule has 1 aromatic carbocycles. The Morgan fingerprint density at radius 3 is 2.76 bits per heavy atom. The van der Waals surface area contributed by atoms with Crippen LogP contribution in [-0.2, 0) is 6.42 Å². The maximum Gasteiger partial charge on any atom is 0.251 e. The Bertz CT molecular complexity index is 518. The van der Waals surface area contributed by atoms with Crippen LogP contribution in [0.4, 0.5) is 0 Å². The Morgan fingerprint density at radius 1 is 1.24 bits per heavy atom. The van der Waals surface area contributed by atoms with Crippen molar-refractivity contribution in [1.82, 2.24) is 5.32 Å². The molecule has 1 saturated carbocycles. The van der Waals surface area contributed by atoms with Crippen molar-refractivity contribution in [3.63, 3.8) is 0 Å². The van der Waals surface area contributed by atoms with Gasteiger partial charge >= 0.3 is 0 Å². The number of nitrogens with one attached hydrogen (secondary N) is 1. The summed E-state index contributed by atoms with van der Waals surface area (Å²) in [4.78, 5) is 12.1. The maximum absolute atomic E-state index is 12.1. The van der Waals surface area contributed by atoms with Crippen LogP contribution < -0.4 is 11.1 Å². The van der Waals surface area contributed by atoms with Crippen LogP contribution in [0.25, 0.3) is 0 Å². The largest absolute Gasteiger partial charge is 0.352 e. The second kappa shape index (κ2) is 6.18. The smallest absolute Gasteiger partial charge is 0.251 e. The van der Waals surface area contributed by atoms with Gasteiger partial charge in [0.25, 0.3) is 5.91 Å². The molecular formula is C18H26N2O. The molecule has 3 rings (SSSR count). The van der Waals surface area contributed by atoms with Gasteiger partial charge in [0.2, 0.25) is 0 Å². The van der Waals surface area contributed by atoms with E-state index in [4.69, 9.17) is 5.73 Å². The molecule has 1 unspecified atom stereocenters. The van der Waals surface area contributed by atoms with Gasteiger partial charge in [-0.3, -0.25) is 4.79 Å². The second-order valence-corrected chi connectivity index (χ2v) is 6.82. The predicted molar refractivity (Wildman–Crippen MR) is 85.1 cm³/mol. The van der Waals surface area contributed by atoms with Gasteiger partial charge in [-0.05, 0) is 54.7 Å². The van der Waals surface area contributed by atoms with Gasteiger partial charge in [-0.25, -0.2) is 0 Å². The van der Waals surface area contributed by atoms with E-state index in [1.54, 1.807) is 0 Å². The molecule has 21 heavy (non-hydrogen) atoms. The maximum atomic E-state index is 12.1. The number of benzene rings is 1. The average Bonchev–Trinajstić information content (AvgIpc) is 2.69. The van der Waals surface area contributed by atoms with E-state index in [-0.39, 0.29) is 11.9 Å². The van der Waals surface area contributed by atoms with E-state index >= 15 is 0 Å². The SMILES string of the molecule is CC1CCC(C(N)c2ccc3c(c2)C(=O)NCCC3)CC1. The first-order valence-corrected chi connectivity index (χ1v) is 8.31. The van der Waals surface area contributed by atoms with Crippen molar-refractivity contribution in [2.45, 2.75) is 51.5 Å². The van der Waals surface area contributed by atoms with E-state index in [0.29, 0.717) is 5.92 Å². The van der Waals surface area contributed by atoms with Crippen LogP contribution in [0, 0.1) is 11.8 Å². The number of aryl methyl sites for hydroxylation is 1. The number of rotatable bonds is 2. The Morgan fingerprint density at radius 2 is 2.00 bits per heavy atom. The van der Waals surface area contributed by atoms with Crippen LogP contribution in [-0.4, -0.2) is 12.5 Å². The molecule has 1 atom stereocenters. The minimum Gasteiger partial charge on any atom is -0.352 e. The van der Waals surface area contributed by atoms with Gasteiger partial charge in [0.15, 0.2) is 0 Å². The quantitative estimate of drug-likeness (QED) is 0.877. The van der Waals surface area contributed by atoms with Crippen molar-refractivity contribution >= 4 is 5.91 Å². The minimum atomic E-state index is 0.0637. The van der Waals surface area contributed by atoms with E-state index in [2.05, 4.69) is 24.4 Å². The Hall–Kier alpha value is -1.35. The lowest BCUT2D eigenvalue weighted by Gasteiger charge is -2.31. The molecule has 0 saturated heterocycles. The van der Waals surface area contributed by atoms with E-state index < -0.39 is 0 Å². The number of fused-ring (bicyclic) bond motifs is 1. The van der Waals surface area contributed by atoms with Crippen LogP contribution in [0.3, 0.4) is 0 Å². The fourth-order valence-corrected chi connectivity index (χ4v) is 3.72. The Balaban J connectivity index is 1.81. The van der Waals surface area contributed by atoms with Gasteiger partial charge < -0.3 is 11.1 Å². The van der Waals surface area contributed by atoms with Crippen molar-refractivity contribution in [3.8, 4) is 0 Å². The fraction of sp³-hybridized carbons (Fsp3) is 0.611. The van der Waals surface area contributed by atoms with Crippen LogP contribution >= 0.6 is 0 Å². The third-order valence-electron chi connectivity index (χ3n) is 5.24. The van der Waals surface area contributed by atoms with Crippen molar-refractivity contribution in [3.05, 3.63) is 34.9 Å². The first-order valence-electron chi connectivity index (χ1n) is 8.31. The number of hydrogen-bond acceptors (Lipinski definition) is 2. The zero-order chi connectivity index (χ0) is 14.8. The van der Waals surface area contributed by atoms with Gasteiger partial charge in [-0.2, -0.15) is 0 Å². The highest BCUT2D eigenvalue weighted by molar-refractivity contribution is 5.96. The molecule has 0 spiro atoms. The summed E-state index contributed by atoms with van der Waals surface area (Å²) in [5.74, 6) is 1.47. The summed E-state index contributed by atoms with van der Waals surface area (Å²) in [5, 5.41) is 2.97. The summed E-state index contributed by atoms with van der Waals surface area (Å²) >= 11 is 0. The summed E-state index contributed by atoms with van der Waals surface area (Å²) in [6, 6.07) is 6.36. The molecule has 1 aromatic rings. The number of carbonyl (C=O) groups is 1. The highest BCUT2D eigenvalue weighted by Crippen LogP contribution is 2.36. The highest BCUT2D eigenvalue weighted by Gasteiger charge is 2.26. The average molecular weight is 286 g/mol. The van der Waals surface area contributed by atoms with Crippen LogP contribution in [0.5, 0.6) is 0 Å². The van der Waals surface area contributed by atoms with Crippen molar-refractivity contribution in [1.29, 1.82) is 0 Å². The van der Waals surface area contributed by atoms with E-state index in [1.807, 2.05) is 6.07 Å². The lowest BCUT2D eigenvalue weighted by Crippen LogP contribution is -2.26. The third kappa shape index (κ3) is 3.13. The van der Waals surface area contributed by atoms with E-state index in [9.17, 15) is 4.79 Å². The summed E-state index contributed by atoms with van der Waals surface area (Å²) in [5.41, 5.74) is 9.63. The van der Waals surface area contributed by atoms with Gasteiger partial charge in [-0.15, -0.1) is 0 Å². The van der Waals surface area contributed by atoms with Crippen LogP contribution in [0.1, 0.15) is 66.6 Å². The zero-order valence-electron chi connectivity index (χ0n) is 12.9. The molecule has 1 aliphatic heterocycles. The van der Waals surface area contributed by atoms with Gasteiger partial charge in [0, 0.05) is 18.2 Å². The summed E-state index contributed by atoms with van der Waals surface area (Å²) in [7, 11) is 0. The first kappa shape index (κ1) is 14.6. The first-order chi connectivity index (χ1) is 10.1. The lowest BCUT2D eigenvalue weighted by atomic mass is 9.77. The Kier molecular flexibility index (Phi) is 4.29. The van der Waals surface area contributed by atoms with Gasteiger partial charge in [0.05, 0.1) is 0 Å².